The molecule has 0 bridgehead atoms. The summed E-state index contributed by atoms with van der Waals surface area (Å²) in [6.07, 6.45) is 0. The molecule has 0 amide bonds. The number of methoxy groups -OCH3 is 1. The summed E-state index contributed by atoms with van der Waals surface area (Å²) in [6.45, 7) is 4.00. The largest absolute Gasteiger partial charge is 0.383 e. The molecule has 124 valence electrons. The van der Waals surface area contributed by atoms with Gasteiger partial charge in [0.15, 0.2) is 9.84 Å². The Labute approximate surface area is 140 Å². The van der Waals surface area contributed by atoms with Crippen molar-refractivity contribution in [3.05, 3.63) is 21.3 Å². The van der Waals surface area contributed by atoms with E-state index in [-0.39, 0.29) is 23.6 Å². The van der Waals surface area contributed by atoms with Crippen molar-refractivity contribution in [2.24, 2.45) is 0 Å². The van der Waals surface area contributed by atoms with Crippen molar-refractivity contribution in [2.45, 2.75) is 18.6 Å². The molecule has 2 aliphatic heterocycles. The molecular formula is C14H21ClN2O3S2. The first-order chi connectivity index (χ1) is 10.5. The van der Waals surface area contributed by atoms with E-state index in [9.17, 15) is 8.42 Å². The third-order valence-electron chi connectivity index (χ3n) is 4.48. The van der Waals surface area contributed by atoms with Crippen molar-refractivity contribution in [3.63, 3.8) is 0 Å². The SMILES string of the molecule is COCCN1CCN(Cc2ccc(Cl)s2)[C@@H]2CS(=O)(=O)C[C@@H]21. The molecule has 0 saturated carbocycles. The second-order valence-electron chi connectivity index (χ2n) is 5.92. The quantitative estimate of drug-likeness (QED) is 0.789. The van der Waals surface area contributed by atoms with Crippen molar-refractivity contribution in [2.75, 3.05) is 44.9 Å². The molecule has 1 aromatic rings. The Kier molecular flexibility index (Phi) is 5.11. The number of halogens is 1. The number of sulfone groups is 1. The topological polar surface area (TPSA) is 49.9 Å². The highest BCUT2D eigenvalue weighted by atomic mass is 35.5. The average Bonchev–Trinajstić information content (AvgIpc) is 3.00. The number of ether oxygens (including phenoxy) is 1. The van der Waals surface area contributed by atoms with E-state index < -0.39 is 9.84 Å². The highest BCUT2D eigenvalue weighted by Gasteiger charge is 2.46. The lowest BCUT2D eigenvalue weighted by Gasteiger charge is -2.43. The molecule has 2 atom stereocenters. The van der Waals surface area contributed by atoms with Crippen molar-refractivity contribution >= 4 is 32.8 Å². The summed E-state index contributed by atoms with van der Waals surface area (Å²) >= 11 is 7.57. The van der Waals surface area contributed by atoms with Gasteiger partial charge in [-0.2, -0.15) is 0 Å². The maximum atomic E-state index is 12.1. The fourth-order valence-corrected chi connectivity index (χ4v) is 6.57. The van der Waals surface area contributed by atoms with Crippen LogP contribution in [-0.4, -0.2) is 75.2 Å². The molecule has 5 nitrogen and oxygen atoms in total. The van der Waals surface area contributed by atoms with Gasteiger partial charge in [-0.15, -0.1) is 11.3 Å². The van der Waals surface area contributed by atoms with Crippen LogP contribution in [0.2, 0.25) is 4.34 Å². The van der Waals surface area contributed by atoms with Crippen LogP contribution in [-0.2, 0) is 21.1 Å². The van der Waals surface area contributed by atoms with Crippen LogP contribution in [0.5, 0.6) is 0 Å². The van der Waals surface area contributed by atoms with Gasteiger partial charge in [0, 0.05) is 50.2 Å². The number of rotatable bonds is 5. The molecule has 1 aromatic heterocycles. The van der Waals surface area contributed by atoms with E-state index in [2.05, 4.69) is 9.80 Å². The zero-order valence-corrected chi connectivity index (χ0v) is 15.0. The number of thiophene rings is 1. The summed E-state index contributed by atoms with van der Waals surface area (Å²) in [5.74, 6) is 0.531. The number of hydrogen-bond donors (Lipinski definition) is 0. The lowest BCUT2D eigenvalue weighted by molar-refractivity contribution is 0.0258. The first-order valence-corrected chi connectivity index (χ1v) is 10.4. The van der Waals surface area contributed by atoms with Gasteiger partial charge in [-0.25, -0.2) is 8.42 Å². The maximum Gasteiger partial charge on any atom is 0.153 e. The highest BCUT2D eigenvalue weighted by molar-refractivity contribution is 7.91. The molecule has 2 aliphatic rings. The van der Waals surface area contributed by atoms with Gasteiger partial charge in [-0.3, -0.25) is 9.80 Å². The number of fused-ring (bicyclic) bond motifs is 1. The highest BCUT2D eigenvalue weighted by Crippen LogP contribution is 2.30. The Bertz CT molecular complexity index is 619. The van der Waals surface area contributed by atoms with Crippen molar-refractivity contribution in [3.8, 4) is 0 Å². The Hall–Kier alpha value is -0.180. The number of hydrogen-bond acceptors (Lipinski definition) is 6. The molecular weight excluding hydrogens is 344 g/mol. The van der Waals surface area contributed by atoms with Crippen LogP contribution in [0.1, 0.15) is 4.88 Å². The van der Waals surface area contributed by atoms with Crippen LogP contribution in [0.15, 0.2) is 12.1 Å². The van der Waals surface area contributed by atoms with E-state index in [0.717, 1.165) is 30.5 Å². The van der Waals surface area contributed by atoms with E-state index >= 15 is 0 Å². The fraction of sp³-hybridized carbons (Fsp3) is 0.714. The molecule has 3 heterocycles. The van der Waals surface area contributed by atoms with E-state index in [1.165, 1.54) is 4.88 Å². The second kappa shape index (κ2) is 6.75. The first kappa shape index (κ1) is 16.7. The lowest BCUT2D eigenvalue weighted by Crippen LogP contribution is -2.59. The maximum absolute atomic E-state index is 12.1. The van der Waals surface area contributed by atoms with Crippen LogP contribution in [0, 0.1) is 0 Å². The zero-order chi connectivity index (χ0) is 15.7. The summed E-state index contributed by atoms with van der Waals surface area (Å²) < 4.78 is 30.2. The van der Waals surface area contributed by atoms with Gasteiger partial charge in [0.05, 0.1) is 22.4 Å². The minimum Gasteiger partial charge on any atom is -0.383 e. The van der Waals surface area contributed by atoms with Crippen LogP contribution in [0.3, 0.4) is 0 Å². The fourth-order valence-electron chi connectivity index (χ4n) is 3.42. The molecule has 3 rings (SSSR count). The number of nitrogens with zero attached hydrogens (tertiary/aromatic N) is 2. The molecule has 0 aromatic carbocycles. The molecule has 0 spiro atoms. The van der Waals surface area contributed by atoms with Crippen molar-refractivity contribution in [1.82, 2.24) is 9.80 Å². The standard InChI is InChI=1S/C14H21ClN2O3S2/c1-20-7-6-16-4-5-17(8-11-2-3-14(15)21-11)13-10-22(18,19)9-12(13)16/h2-3,12-13H,4-10H2,1H3/t12-,13+/m0/s1. The molecule has 2 fully saturated rings. The molecule has 2 saturated heterocycles. The Balaban J connectivity index is 1.74. The molecule has 8 heteroatoms. The minimum absolute atomic E-state index is 0.0801. The zero-order valence-electron chi connectivity index (χ0n) is 12.6. The summed E-state index contributed by atoms with van der Waals surface area (Å²) in [4.78, 5) is 5.77. The van der Waals surface area contributed by atoms with Gasteiger partial charge >= 0.3 is 0 Å². The normalized spacial score (nSPS) is 28.8. The Morgan fingerprint density at radius 3 is 2.59 bits per heavy atom. The third-order valence-corrected chi connectivity index (χ3v) is 7.39. The third kappa shape index (κ3) is 3.66. The lowest BCUT2D eigenvalue weighted by atomic mass is 10.0. The molecule has 0 unspecified atom stereocenters. The van der Waals surface area contributed by atoms with Crippen LogP contribution < -0.4 is 0 Å². The molecule has 0 aliphatic carbocycles. The second-order valence-corrected chi connectivity index (χ2v) is 9.87. The van der Waals surface area contributed by atoms with Gasteiger partial charge in [0.1, 0.15) is 0 Å². The van der Waals surface area contributed by atoms with Crippen molar-refractivity contribution < 1.29 is 13.2 Å². The van der Waals surface area contributed by atoms with Gasteiger partial charge in [-0.05, 0) is 12.1 Å². The summed E-state index contributed by atoms with van der Waals surface area (Å²) in [5.41, 5.74) is 0. The Morgan fingerprint density at radius 2 is 1.95 bits per heavy atom. The predicted molar refractivity (Wildman–Crippen MR) is 89.4 cm³/mol. The van der Waals surface area contributed by atoms with E-state index in [0.29, 0.717) is 6.61 Å². The van der Waals surface area contributed by atoms with Crippen LogP contribution in [0.25, 0.3) is 0 Å². The van der Waals surface area contributed by atoms with Gasteiger partial charge in [-0.1, -0.05) is 11.6 Å². The first-order valence-electron chi connectivity index (χ1n) is 7.40. The number of piperazine rings is 1. The summed E-state index contributed by atoms with van der Waals surface area (Å²) in [6, 6.07) is 4.10. The monoisotopic (exact) mass is 364 g/mol. The van der Waals surface area contributed by atoms with Crippen molar-refractivity contribution in [1.29, 1.82) is 0 Å². The van der Waals surface area contributed by atoms with E-state index in [1.807, 2.05) is 12.1 Å². The van der Waals surface area contributed by atoms with Crippen LogP contribution in [0.4, 0.5) is 0 Å². The molecule has 0 radical (unpaired) electrons. The molecule has 0 N–H and O–H groups in total. The molecule has 22 heavy (non-hydrogen) atoms. The summed E-state index contributed by atoms with van der Waals surface area (Å²) in [5, 5.41) is 0. The van der Waals surface area contributed by atoms with Crippen LogP contribution >= 0.6 is 22.9 Å². The predicted octanol–water partition coefficient (Wildman–Crippen LogP) is 1.33. The summed E-state index contributed by atoms with van der Waals surface area (Å²) in [7, 11) is -1.27. The smallest absolute Gasteiger partial charge is 0.153 e. The van der Waals surface area contributed by atoms with Gasteiger partial charge in [0.25, 0.3) is 0 Å². The van der Waals surface area contributed by atoms with E-state index in [4.69, 9.17) is 16.3 Å². The van der Waals surface area contributed by atoms with E-state index in [1.54, 1.807) is 18.4 Å². The average molecular weight is 365 g/mol. The van der Waals surface area contributed by atoms with Gasteiger partial charge < -0.3 is 4.74 Å². The van der Waals surface area contributed by atoms with Gasteiger partial charge in [0.2, 0.25) is 0 Å². The Morgan fingerprint density at radius 1 is 1.27 bits per heavy atom. The minimum atomic E-state index is -2.95.